The summed E-state index contributed by atoms with van der Waals surface area (Å²) in [6, 6.07) is -0.225. The van der Waals surface area contributed by atoms with Crippen LogP contribution in [0.4, 0.5) is 0 Å². The average Bonchev–Trinajstić information content (AvgIpc) is 2.12. The number of hydrogen-bond acceptors (Lipinski definition) is 3. The van der Waals surface area contributed by atoms with E-state index < -0.39 is 0 Å². The molecule has 0 aliphatic carbocycles. The summed E-state index contributed by atoms with van der Waals surface area (Å²) in [5, 5.41) is 0. The minimum absolute atomic E-state index is 0.225. The molecule has 3 N–H and O–H groups in total. The van der Waals surface area contributed by atoms with Crippen LogP contribution in [-0.2, 0) is 4.79 Å². The third-order valence-corrected chi connectivity index (χ3v) is 1.68. The van der Waals surface area contributed by atoms with E-state index in [9.17, 15) is 4.79 Å². The summed E-state index contributed by atoms with van der Waals surface area (Å²) < 4.78 is 0. The van der Waals surface area contributed by atoms with Crippen LogP contribution < -0.4 is 11.2 Å². The predicted octanol–water partition coefficient (Wildman–Crippen LogP) is -0.512. The van der Waals surface area contributed by atoms with Gasteiger partial charge in [-0.05, 0) is 0 Å². The summed E-state index contributed by atoms with van der Waals surface area (Å²) in [5.74, 6) is -0.321. The molecular formula is C3H6N3OP. The number of rotatable bonds is 1. The van der Waals surface area contributed by atoms with Crippen molar-refractivity contribution < 1.29 is 4.79 Å². The lowest BCUT2D eigenvalue weighted by Crippen LogP contribution is -2.37. The SMILES string of the molecule is NC(=O)C1CP=NN1. The number of nitrogens with zero attached hydrogens (tertiary/aromatic N) is 1. The van der Waals surface area contributed by atoms with Crippen molar-refractivity contribution in [2.24, 2.45) is 10.6 Å². The van der Waals surface area contributed by atoms with Crippen molar-refractivity contribution in [1.29, 1.82) is 0 Å². The fraction of sp³-hybridized carbons (Fsp3) is 0.667. The lowest BCUT2D eigenvalue weighted by Gasteiger charge is -1.98. The maximum Gasteiger partial charge on any atom is 0.237 e. The van der Waals surface area contributed by atoms with Crippen LogP contribution in [0.25, 0.3) is 0 Å². The van der Waals surface area contributed by atoms with E-state index in [1.807, 2.05) is 0 Å². The molecule has 1 atom stereocenters. The number of carbonyl (C=O) groups excluding carboxylic acids is 1. The third-order valence-electron chi connectivity index (χ3n) is 0.892. The fourth-order valence-electron chi connectivity index (χ4n) is 0.427. The van der Waals surface area contributed by atoms with Gasteiger partial charge in [-0.15, -0.1) is 0 Å². The van der Waals surface area contributed by atoms with E-state index in [1.54, 1.807) is 0 Å². The molecule has 44 valence electrons. The highest BCUT2D eigenvalue weighted by molar-refractivity contribution is 7.27. The van der Waals surface area contributed by atoms with Crippen LogP contribution in [0.5, 0.6) is 0 Å². The zero-order chi connectivity index (χ0) is 5.98. The first-order chi connectivity index (χ1) is 3.80. The summed E-state index contributed by atoms with van der Waals surface area (Å²) in [6.45, 7) is 0. The van der Waals surface area contributed by atoms with E-state index >= 15 is 0 Å². The second kappa shape index (κ2) is 2.20. The van der Waals surface area contributed by atoms with E-state index in [2.05, 4.69) is 10.3 Å². The smallest absolute Gasteiger partial charge is 0.237 e. The molecule has 4 nitrogen and oxygen atoms in total. The summed E-state index contributed by atoms with van der Waals surface area (Å²) in [4.78, 5) is 14.0. The van der Waals surface area contributed by atoms with Crippen molar-refractivity contribution in [2.75, 3.05) is 6.16 Å². The van der Waals surface area contributed by atoms with Crippen molar-refractivity contribution in [3.63, 3.8) is 0 Å². The number of nitrogens with one attached hydrogen (secondary N) is 1. The first-order valence-corrected chi connectivity index (χ1v) is 3.25. The summed E-state index contributed by atoms with van der Waals surface area (Å²) in [5.41, 5.74) is 7.53. The van der Waals surface area contributed by atoms with Crippen molar-refractivity contribution >= 4 is 14.3 Å². The van der Waals surface area contributed by atoms with Crippen molar-refractivity contribution in [3.05, 3.63) is 0 Å². The Morgan fingerprint density at radius 2 is 2.75 bits per heavy atom. The normalized spacial score (nSPS) is 28.2. The van der Waals surface area contributed by atoms with E-state index in [-0.39, 0.29) is 11.9 Å². The monoisotopic (exact) mass is 131 g/mol. The van der Waals surface area contributed by atoms with Crippen molar-refractivity contribution in [2.45, 2.75) is 6.04 Å². The first kappa shape index (κ1) is 5.66. The van der Waals surface area contributed by atoms with Gasteiger partial charge in [0, 0.05) is 14.5 Å². The van der Waals surface area contributed by atoms with Gasteiger partial charge < -0.3 is 5.73 Å². The fourth-order valence-corrected chi connectivity index (χ4v) is 1.15. The van der Waals surface area contributed by atoms with Gasteiger partial charge in [0.15, 0.2) is 0 Å². The van der Waals surface area contributed by atoms with E-state index in [0.29, 0.717) is 0 Å². The van der Waals surface area contributed by atoms with Crippen LogP contribution >= 0.6 is 8.37 Å². The van der Waals surface area contributed by atoms with Gasteiger partial charge in [-0.2, -0.15) is 10.3 Å². The van der Waals surface area contributed by atoms with Gasteiger partial charge in [0.05, 0.1) is 0 Å². The largest absolute Gasteiger partial charge is 0.368 e. The molecule has 0 saturated heterocycles. The zero-order valence-corrected chi connectivity index (χ0v) is 5.06. The Morgan fingerprint density at radius 1 is 2.00 bits per heavy atom. The van der Waals surface area contributed by atoms with Gasteiger partial charge >= 0.3 is 0 Å². The molecule has 1 heterocycles. The minimum Gasteiger partial charge on any atom is -0.368 e. The van der Waals surface area contributed by atoms with Crippen molar-refractivity contribution in [1.82, 2.24) is 5.43 Å². The van der Waals surface area contributed by atoms with Gasteiger partial charge in [-0.25, -0.2) is 0 Å². The van der Waals surface area contributed by atoms with Crippen molar-refractivity contribution in [3.8, 4) is 0 Å². The predicted molar refractivity (Wildman–Crippen MR) is 30.3 cm³/mol. The zero-order valence-electron chi connectivity index (χ0n) is 4.16. The molecule has 1 aliphatic rings. The second-order valence-corrected chi connectivity index (χ2v) is 2.36. The third kappa shape index (κ3) is 1.02. The molecule has 5 heteroatoms. The Morgan fingerprint density at radius 3 is 3.00 bits per heavy atom. The van der Waals surface area contributed by atoms with Gasteiger partial charge in [-0.1, -0.05) is 0 Å². The van der Waals surface area contributed by atoms with E-state index in [0.717, 1.165) is 14.5 Å². The quantitative estimate of drug-likeness (QED) is 0.470. The summed E-state index contributed by atoms with van der Waals surface area (Å²) in [6.07, 6.45) is 0.718. The molecule has 1 amide bonds. The van der Waals surface area contributed by atoms with Gasteiger partial charge in [0.2, 0.25) is 5.91 Å². The number of nitrogens with two attached hydrogens (primary N) is 1. The lowest BCUT2D eigenvalue weighted by molar-refractivity contribution is -0.119. The number of primary amides is 1. The van der Waals surface area contributed by atoms with Crippen LogP contribution in [0, 0.1) is 0 Å². The highest BCUT2D eigenvalue weighted by Crippen LogP contribution is 2.07. The van der Waals surface area contributed by atoms with Gasteiger partial charge in [-0.3, -0.25) is 4.79 Å². The molecule has 0 spiro atoms. The Kier molecular flexibility index (Phi) is 1.56. The maximum absolute atomic E-state index is 10.3. The molecule has 0 aromatic rings. The minimum atomic E-state index is -0.321. The molecule has 0 aromatic heterocycles. The van der Waals surface area contributed by atoms with Crippen LogP contribution in [0.15, 0.2) is 4.85 Å². The van der Waals surface area contributed by atoms with Crippen LogP contribution in [0.3, 0.4) is 0 Å². The summed E-state index contributed by atoms with van der Waals surface area (Å²) in [7, 11) is 0.909. The van der Waals surface area contributed by atoms with Crippen LogP contribution in [0.2, 0.25) is 0 Å². The lowest BCUT2D eigenvalue weighted by atomic mass is 10.3. The number of carbonyl (C=O) groups is 1. The Hall–Kier alpha value is -0.470. The molecule has 0 saturated carbocycles. The Balaban J connectivity index is 2.41. The molecule has 0 aromatic carbocycles. The Bertz CT molecular complexity index is 126. The van der Waals surface area contributed by atoms with Gasteiger partial charge in [0.25, 0.3) is 0 Å². The molecule has 8 heavy (non-hydrogen) atoms. The molecule has 1 rings (SSSR count). The van der Waals surface area contributed by atoms with Crippen LogP contribution in [0.1, 0.15) is 0 Å². The summed E-state index contributed by atoms with van der Waals surface area (Å²) >= 11 is 0. The average molecular weight is 131 g/mol. The molecular weight excluding hydrogens is 125 g/mol. The topological polar surface area (TPSA) is 67.5 Å². The number of hydrogen-bond donors (Lipinski definition) is 2. The maximum atomic E-state index is 10.3. The molecule has 1 aliphatic heterocycles. The molecule has 0 radical (unpaired) electrons. The highest BCUT2D eigenvalue weighted by atomic mass is 31.1. The standard InChI is InChI=1S/C3H6N3OP/c4-3(7)2-1-8-6-5-2/h2,5H,1H2,(H2,4,7). The van der Waals surface area contributed by atoms with E-state index in [4.69, 9.17) is 5.73 Å². The number of amides is 1. The van der Waals surface area contributed by atoms with Crippen LogP contribution in [-0.4, -0.2) is 18.1 Å². The Labute approximate surface area is 48.3 Å². The first-order valence-electron chi connectivity index (χ1n) is 2.22. The van der Waals surface area contributed by atoms with E-state index in [1.165, 1.54) is 0 Å². The molecule has 1 unspecified atom stereocenters. The molecule has 0 fully saturated rings. The second-order valence-electron chi connectivity index (χ2n) is 1.51. The van der Waals surface area contributed by atoms with Gasteiger partial charge in [0.1, 0.15) is 6.04 Å². The highest BCUT2D eigenvalue weighted by Gasteiger charge is 2.16. The molecule has 0 bridgehead atoms.